The van der Waals surface area contributed by atoms with E-state index in [1.54, 1.807) is 4.90 Å². The molecule has 2 rings (SSSR count). The minimum Gasteiger partial charge on any atom is -0.481 e. The number of amides is 1. The topological polar surface area (TPSA) is 89.9 Å². The second kappa shape index (κ2) is 7.75. The molecule has 1 aliphatic carbocycles. The Labute approximate surface area is 125 Å². The first-order valence-electron chi connectivity index (χ1n) is 7.97. The summed E-state index contributed by atoms with van der Waals surface area (Å²) in [6.07, 6.45) is 4.97. The zero-order valence-corrected chi connectivity index (χ0v) is 12.5. The van der Waals surface area contributed by atoms with E-state index in [0.717, 1.165) is 25.7 Å². The number of aliphatic hydroxyl groups excluding tert-OH is 1. The van der Waals surface area contributed by atoms with Crippen molar-refractivity contribution in [3.05, 3.63) is 0 Å². The molecular weight excluding hydrogens is 272 g/mol. The highest BCUT2D eigenvalue weighted by molar-refractivity contribution is 5.78. The monoisotopic (exact) mass is 298 g/mol. The maximum atomic E-state index is 12.1. The Morgan fingerprint density at radius 2 is 1.76 bits per heavy atom. The highest BCUT2D eigenvalue weighted by Crippen LogP contribution is 2.23. The molecule has 2 fully saturated rings. The predicted octanol–water partition coefficient (Wildman–Crippen LogP) is 0.450. The molecule has 1 heterocycles. The molecule has 1 saturated carbocycles. The van der Waals surface area contributed by atoms with Gasteiger partial charge in [0.15, 0.2) is 0 Å². The van der Waals surface area contributed by atoms with Crippen LogP contribution in [0.15, 0.2) is 0 Å². The van der Waals surface area contributed by atoms with Crippen LogP contribution in [0.2, 0.25) is 0 Å². The Hall–Kier alpha value is -1.14. The number of carbonyl (C=O) groups is 2. The number of hydrogen-bond acceptors (Lipinski definition) is 4. The summed E-state index contributed by atoms with van der Waals surface area (Å²) in [4.78, 5) is 24.7. The van der Waals surface area contributed by atoms with E-state index in [0.29, 0.717) is 32.5 Å². The summed E-state index contributed by atoms with van der Waals surface area (Å²) in [5, 5.41) is 22.0. The van der Waals surface area contributed by atoms with Crippen molar-refractivity contribution in [2.45, 2.75) is 44.6 Å². The van der Waals surface area contributed by atoms with Crippen molar-refractivity contribution in [3.8, 4) is 0 Å². The molecule has 1 saturated heterocycles. The highest BCUT2D eigenvalue weighted by atomic mass is 16.4. The highest BCUT2D eigenvalue weighted by Gasteiger charge is 2.27. The molecule has 0 aromatic carbocycles. The predicted molar refractivity (Wildman–Crippen MR) is 77.8 cm³/mol. The number of aliphatic hydroxyl groups is 1. The minimum atomic E-state index is -0.758. The Bertz CT molecular complexity index is 367. The van der Waals surface area contributed by atoms with Gasteiger partial charge in [-0.2, -0.15) is 0 Å². The van der Waals surface area contributed by atoms with Gasteiger partial charge in [0.2, 0.25) is 5.91 Å². The van der Waals surface area contributed by atoms with Gasteiger partial charge in [0.1, 0.15) is 0 Å². The van der Waals surface area contributed by atoms with Crippen LogP contribution in [-0.4, -0.2) is 59.3 Å². The molecule has 1 aliphatic heterocycles. The van der Waals surface area contributed by atoms with Crippen LogP contribution in [0.3, 0.4) is 0 Å². The van der Waals surface area contributed by atoms with Gasteiger partial charge < -0.3 is 20.4 Å². The van der Waals surface area contributed by atoms with E-state index >= 15 is 0 Å². The lowest BCUT2D eigenvalue weighted by Crippen LogP contribution is -2.45. The molecule has 1 amide bonds. The average Bonchev–Trinajstić information content (AvgIpc) is 2.49. The summed E-state index contributed by atoms with van der Waals surface area (Å²) in [7, 11) is 0. The van der Waals surface area contributed by atoms with Gasteiger partial charge in [-0.25, -0.2) is 0 Å². The lowest BCUT2D eigenvalue weighted by Gasteiger charge is -2.31. The van der Waals surface area contributed by atoms with Gasteiger partial charge in [-0.05, 0) is 31.6 Å². The fourth-order valence-corrected chi connectivity index (χ4v) is 3.28. The van der Waals surface area contributed by atoms with Crippen molar-refractivity contribution in [1.82, 2.24) is 10.2 Å². The third-order valence-electron chi connectivity index (χ3n) is 4.75. The summed E-state index contributed by atoms with van der Waals surface area (Å²) >= 11 is 0. The van der Waals surface area contributed by atoms with Gasteiger partial charge in [-0.1, -0.05) is 12.8 Å². The van der Waals surface area contributed by atoms with E-state index in [1.807, 2.05) is 0 Å². The Balaban J connectivity index is 1.65. The molecule has 2 atom stereocenters. The lowest BCUT2D eigenvalue weighted by atomic mass is 9.86. The third-order valence-corrected chi connectivity index (χ3v) is 4.75. The molecule has 0 aromatic rings. The van der Waals surface area contributed by atoms with Crippen molar-refractivity contribution in [3.63, 3.8) is 0 Å². The minimum absolute atomic E-state index is 0.0316. The van der Waals surface area contributed by atoms with Gasteiger partial charge in [-0.3, -0.25) is 9.59 Å². The zero-order valence-electron chi connectivity index (χ0n) is 12.5. The Morgan fingerprint density at radius 1 is 1.10 bits per heavy atom. The van der Waals surface area contributed by atoms with Crippen molar-refractivity contribution >= 4 is 11.9 Å². The number of aliphatic carboxylic acids is 1. The Morgan fingerprint density at radius 3 is 2.38 bits per heavy atom. The largest absolute Gasteiger partial charge is 0.481 e. The van der Waals surface area contributed by atoms with Crippen LogP contribution in [0.25, 0.3) is 0 Å². The summed E-state index contributed by atoms with van der Waals surface area (Å²) in [5.41, 5.74) is 0. The van der Waals surface area contributed by atoms with Crippen LogP contribution in [0.4, 0.5) is 0 Å². The summed E-state index contributed by atoms with van der Waals surface area (Å²) in [6.45, 7) is 2.02. The lowest BCUT2D eigenvalue weighted by molar-refractivity contribution is -0.145. The fourth-order valence-electron chi connectivity index (χ4n) is 3.28. The maximum Gasteiger partial charge on any atom is 0.306 e. The van der Waals surface area contributed by atoms with Crippen LogP contribution >= 0.6 is 0 Å². The van der Waals surface area contributed by atoms with Gasteiger partial charge in [0.05, 0.1) is 18.6 Å². The number of nitrogens with zero attached hydrogens (tertiary/aromatic N) is 1. The van der Waals surface area contributed by atoms with Gasteiger partial charge in [-0.15, -0.1) is 0 Å². The van der Waals surface area contributed by atoms with E-state index < -0.39 is 5.97 Å². The molecule has 2 aliphatic rings. The smallest absolute Gasteiger partial charge is 0.306 e. The second-order valence-electron chi connectivity index (χ2n) is 6.24. The number of carbonyl (C=O) groups excluding carboxylic acids is 1. The molecule has 0 radical (unpaired) electrons. The average molecular weight is 298 g/mol. The third kappa shape index (κ3) is 4.68. The first-order valence-corrected chi connectivity index (χ1v) is 7.97. The van der Waals surface area contributed by atoms with Gasteiger partial charge in [0.25, 0.3) is 0 Å². The number of hydrogen-bond donors (Lipinski definition) is 3. The van der Waals surface area contributed by atoms with Crippen molar-refractivity contribution < 1.29 is 19.8 Å². The summed E-state index contributed by atoms with van der Waals surface area (Å²) in [6, 6.07) is 0. The Kier molecular flexibility index (Phi) is 5.99. The van der Waals surface area contributed by atoms with E-state index in [9.17, 15) is 14.7 Å². The number of carboxylic acid groups (broad SMARTS) is 1. The number of nitrogens with one attached hydrogen (secondary N) is 1. The first kappa shape index (κ1) is 16.2. The van der Waals surface area contributed by atoms with E-state index in [4.69, 9.17) is 5.11 Å². The molecule has 0 aromatic heterocycles. The fraction of sp³-hybridized carbons (Fsp3) is 0.867. The van der Waals surface area contributed by atoms with Crippen molar-refractivity contribution in [2.75, 3.05) is 26.2 Å². The number of rotatable bonds is 5. The molecule has 0 spiro atoms. The summed E-state index contributed by atoms with van der Waals surface area (Å²) < 4.78 is 0. The van der Waals surface area contributed by atoms with Crippen LogP contribution in [-0.2, 0) is 9.59 Å². The standard InChI is InChI=1S/C15H26N2O4/c18-13-4-2-1-3-12(13)9-16-10-14(19)17-7-5-11(6-8-17)15(20)21/h11-13,16,18H,1-10H2,(H,20,21). The molecular formula is C15H26N2O4. The molecule has 3 N–H and O–H groups in total. The van der Waals surface area contributed by atoms with Crippen LogP contribution in [0.1, 0.15) is 38.5 Å². The second-order valence-corrected chi connectivity index (χ2v) is 6.24. The number of carboxylic acids is 1. The molecule has 120 valence electrons. The van der Waals surface area contributed by atoms with Crippen LogP contribution < -0.4 is 5.32 Å². The summed E-state index contributed by atoms with van der Waals surface area (Å²) in [5.74, 6) is -0.778. The van der Waals surface area contributed by atoms with Crippen LogP contribution in [0.5, 0.6) is 0 Å². The van der Waals surface area contributed by atoms with Gasteiger partial charge >= 0.3 is 5.97 Å². The van der Waals surface area contributed by atoms with Gasteiger partial charge in [0, 0.05) is 19.6 Å². The molecule has 6 nitrogen and oxygen atoms in total. The van der Waals surface area contributed by atoms with Crippen LogP contribution in [0, 0.1) is 11.8 Å². The molecule has 21 heavy (non-hydrogen) atoms. The normalized spacial score (nSPS) is 27.6. The SMILES string of the molecule is O=C(O)C1CCN(C(=O)CNCC2CCCCC2O)CC1. The quantitative estimate of drug-likeness (QED) is 0.686. The maximum absolute atomic E-state index is 12.1. The number of piperidine rings is 1. The number of likely N-dealkylation sites (tertiary alicyclic amines) is 1. The van der Waals surface area contributed by atoms with E-state index in [2.05, 4.69) is 5.32 Å². The van der Waals surface area contributed by atoms with E-state index in [1.165, 1.54) is 0 Å². The molecule has 0 bridgehead atoms. The molecule has 6 heteroatoms. The van der Waals surface area contributed by atoms with Crippen molar-refractivity contribution in [1.29, 1.82) is 0 Å². The van der Waals surface area contributed by atoms with Crippen molar-refractivity contribution in [2.24, 2.45) is 11.8 Å². The first-order chi connectivity index (χ1) is 10.1. The van der Waals surface area contributed by atoms with E-state index in [-0.39, 0.29) is 30.4 Å². The zero-order chi connectivity index (χ0) is 15.2. The molecule has 2 unspecified atom stereocenters.